The molecule has 0 bridgehead atoms. The number of para-hydroxylation sites is 1. The van der Waals surface area contributed by atoms with Crippen LogP contribution in [0.3, 0.4) is 0 Å². The number of aliphatic carboxylic acids is 1. The smallest absolute Gasteiger partial charge is 0.306 e. The maximum absolute atomic E-state index is 12.3. The average Bonchev–Trinajstić information content (AvgIpc) is 2.72. The van der Waals surface area contributed by atoms with Gasteiger partial charge in [-0.05, 0) is 30.3 Å². The number of nitrogens with one attached hydrogen (secondary N) is 1. The van der Waals surface area contributed by atoms with Crippen LogP contribution in [0.25, 0.3) is 10.8 Å². The fraction of sp³-hybridized carbons (Fsp3) is 0.143. The Morgan fingerprint density at radius 1 is 1.13 bits per heavy atom. The van der Waals surface area contributed by atoms with E-state index in [9.17, 15) is 25.1 Å². The Morgan fingerprint density at radius 2 is 1.87 bits per heavy atom. The van der Waals surface area contributed by atoms with Gasteiger partial charge in [-0.1, -0.05) is 18.2 Å². The Bertz CT molecular complexity index is 1140. The molecule has 9 nitrogen and oxygen atoms in total. The van der Waals surface area contributed by atoms with E-state index in [0.717, 1.165) is 0 Å². The van der Waals surface area contributed by atoms with Gasteiger partial charge in [-0.2, -0.15) is 5.26 Å². The third-order valence-corrected chi connectivity index (χ3v) is 4.16. The second-order valence-electron chi connectivity index (χ2n) is 6.35. The molecule has 0 spiro atoms. The molecule has 4 N–H and O–H groups in total. The van der Waals surface area contributed by atoms with Gasteiger partial charge in [0.1, 0.15) is 23.3 Å². The molecule has 0 aliphatic rings. The number of aliphatic hydroxyl groups excluding tert-OH is 1. The van der Waals surface area contributed by atoms with Gasteiger partial charge >= 0.3 is 5.97 Å². The van der Waals surface area contributed by atoms with Crippen molar-refractivity contribution >= 4 is 22.6 Å². The van der Waals surface area contributed by atoms with Crippen molar-refractivity contribution in [2.75, 3.05) is 6.54 Å². The third kappa shape index (κ3) is 4.63. The minimum Gasteiger partial charge on any atom is -0.505 e. The molecule has 0 radical (unpaired) electrons. The number of nitrogens with zero attached hydrogens (tertiary/aromatic N) is 2. The number of benzene rings is 2. The van der Waals surface area contributed by atoms with Crippen LogP contribution in [0.15, 0.2) is 48.5 Å². The summed E-state index contributed by atoms with van der Waals surface area (Å²) in [5, 5.41) is 41.0. The number of amides is 1. The summed E-state index contributed by atoms with van der Waals surface area (Å²) in [5.41, 5.74) is -0.504. The maximum atomic E-state index is 12.3. The predicted molar refractivity (Wildman–Crippen MR) is 105 cm³/mol. The number of carboxylic acid groups (broad SMARTS) is 1. The first kappa shape index (κ1) is 20.6. The van der Waals surface area contributed by atoms with Crippen molar-refractivity contribution in [1.29, 1.82) is 5.26 Å². The van der Waals surface area contributed by atoms with Gasteiger partial charge in [0.2, 0.25) is 0 Å². The molecule has 0 saturated carbocycles. The monoisotopic (exact) mass is 407 g/mol. The summed E-state index contributed by atoms with van der Waals surface area (Å²) in [6.45, 7) is -0.351. The predicted octanol–water partition coefficient (Wildman–Crippen LogP) is 2.17. The van der Waals surface area contributed by atoms with Crippen LogP contribution in [-0.2, 0) is 4.79 Å². The van der Waals surface area contributed by atoms with Crippen LogP contribution >= 0.6 is 0 Å². The molecule has 1 aromatic heterocycles. The summed E-state index contributed by atoms with van der Waals surface area (Å²) in [6, 6.07) is 15.5. The molecule has 3 rings (SSSR count). The SMILES string of the molecule is N#Cc1nc(C(=O)NCC(O)CC(=O)O)c(O)c2ccc(Oc3ccccc3)cc12. The second kappa shape index (κ2) is 8.89. The van der Waals surface area contributed by atoms with Crippen LogP contribution < -0.4 is 10.1 Å². The zero-order valence-corrected chi connectivity index (χ0v) is 15.6. The van der Waals surface area contributed by atoms with E-state index in [1.165, 1.54) is 12.1 Å². The van der Waals surface area contributed by atoms with Gasteiger partial charge < -0.3 is 25.4 Å². The van der Waals surface area contributed by atoms with E-state index in [4.69, 9.17) is 9.84 Å². The Hall–Kier alpha value is -4.16. The molecule has 152 valence electrons. The number of aromatic nitrogens is 1. The number of nitriles is 1. The third-order valence-electron chi connectivity index (χ3n) is 4.16. The quantitative estimate of drug-likeness (QED) is 0.465. The Labute approximate surface area is 170 Å². The number of carbonyl (C=O) groups is 2. The summed E-state index contributed by atoms with van der Waals surface area (Å²) < 4.78 is 5.73. The number of carbonyl (C=O) groups excluding carboxylic acids is 1. The molecule has 1 amide bonds. The fourth-order valence-electron chi connectivity index (χ4n) is 2.78. The number of rotatable bonds is 7. The van der Waals surface area contributed by atoms with E-state index in [0.29, 0.717) is 16.9 Å². The minimum absolute atomic E-state index is 0.0995. The number of aromatic hydroxyl groups is 1. The van der Waals surface area contributed by atoms with Gasteiger partial charge in [-0.3, -0.25) is 9.59 Å². The van der Waals surface area contributed by atoms with Gasteiger partial charge in [-0.15, -0.1) is 0 Å². The molecule has 9 heteroatoms. The minimum atomic E-state index is -1.30. The lowest BCUT2D eigenvalue weighted by molar-refractivity contribution is -0.139. The van der Waals surface area contributed by atoms with E-state index >= 15 is 0 Å². The summed E-state index contributed by atoms with van der Waals surface area (Å²) in [6.07, 6.45) is -1.85. The number of ether oxygens (including phenoxy) is 1. The lowest BCUT2D eigenvalue weighted by Crippen LogP contribution is -2.33. The largest absolute Gasteiger partial charge is 0.505 e. The summed E-state index contributed by atoms with van der Waals surface area (Å²) in [5.74, 6) is -1.51. The van der Waals surface area contributed by atoms with E-state index < -0.39 is 35.8 Å². The molecule has 0 aliphatic heterocycles. The standard InChI is InChI=1S/C21H17N3O6/c22-10-17-16-9-14(30-13-4-2-1-3-5-13)6-7-15(16)20(28)19(24-17)21(29)23-11-12(25)8-18(26)27/h1-7,9,12,25,28H,8,11H2,(H,23,29)(H,26,27). The van der Waals surface area contributed by atoms with Crippen molar-refractivity contribution in [3.05, 3.63) is 59.9 Å². The first-order valence-corrected chi connectivity index (χ1v) is 8.87. The highest BCUT2D eigenvalue weighted by molar-refractivity contribution is 6.03. The molecule has 3 aromatic rings. The lowest BCUT2D eigenvalue weighted by Gasteiger charge is -2.12. The molecule has 1 unspecified atom stereocenters. The Morgan fingerprint density at radius 3 is 2.53 bits per heavy atom. The number of pyridine rings is 1. The molecule has 2 aromatic carbocycles. The van der Waals surface area contributed by atoms with Crippen LogP contribution in [0, 0.1) is 11.3 Å². The van der Waals surface area contributed by atoms with Crippen LogP contribution in [0.1, 0.15) is 22.6 Å². The van der Waals surface area contributed by atoms with Gasteiger partial charge in [0.25, 0.3) is 5.91 Å². The van der Waals surface area contributed by atoms with Crippen molar-refractivity contribution in [1.82, 2.24) is 10.3 Å². The molecule has 1 atom stereocenters. The summed E-state index contributed by atoms with van der Waals surface area (Å²) in [7, 11) is 0. The first-order valence-electron chi connectivity index (χ1n) is 8.87. The number of aliphatic hydroxyl groups is 1. The van der Waals surface area contributed by atoms with Crippen molar-refractivity contribution in [3.8, 4) is 23.3 Å². The molecule has 0 fully saturated rings. The number of hydrogen-bond donors (Lipinski definition) is 4. The highest BCUT2D eigenvalue weighted by Gasteiger charge is 2.21. The Kier molecular flexibility index (Phi) is 6.10. The number of fused-ring (bicyclic) bond motifs is 1. The lowest BCUT2D eigenvalue weighted by atomic mass is 10.1. The van der Waals surface area contributed by atoms with Crippen LogP contribution in [0.2, 0.25) is 0 Å². The highest BCUT2D eigenvalue weighted by atomic mass is 16.5. The van der Waals surface area contributed by atoms with Crippen LogP contribution in [0.5, 0.6) is 17.2 Å². The topological polar surface area (TPSA) is 153 Å². The van der Waals surface area contributed by atoms with Gasteiger partial charge in [0.05, 0.1) is 12.5 Å². The van der Waals surface area contributed by atoms with Crippen molar-refractivity contribution in [2.45, 2.75) is 12.5 Å². The van der Waals surface area contributed by atoms with Crippen LogP contribution in [0.4, 0.5) is 0 Å². The average molecular weight is 407 g/mol. The summed E-state index contributed by atoms with van der Waals surface area (Å²) in [4.78, 5) is 26.9. The van der Waals surface area contributed by atoms with E-state index in [-0.39, 0.29) is 17.6 Å². The zero-order valence-electron chi connectivity index (χ0n) is 15.6. The molecule has 1 heterocycles. The molecular weight excluding hydrogens is 390 g/mol. The number of carboxylic acids is 1. The van der Waals surface area contributed by atoms with Gasteiger partial charge in [-0.25, -0.2) is 4.98 Å². The van der Waals surface area contributed by atoms with Crippen LogP contribution in [-0.4, -0.2) is 44.8 Å². The van der Waals surface area contributed by atoms with Crippen molar-refractivity contribution in [3.63, 3.8) is 0 Å². The Balaban J connectivity index is 1.90. The van der Waals surface area contributed by atoms with Crippen molar-refractivity contribution < 1.29 is 29.6 Å². The molecule has 0 saturated heterocycles. The molecule has 0 aliphatic carbocycles. The van der Waals surface area contributed by atoms with E-state index in [1.54, 1.807) is 18.2 Å². The van der Waals surface area contributed by atoms with Gasteiger partial charge in [0.15, 0.2) is 11.4 Å². The first-order chi connectivity index (χ1) is 14.4. The maximum Gasteiger partial charge on any atom is 0.306 e. The zero-order chi connectivity index (χ0) is 21.7. The fourth-order valence-corrected chi connectivity index (χ4v) is 2.78. The normalized spacial score (nSPS) is 11.5. The second-order valence-corrected chi connectivity index (χ2v) is 6.35. The van der Waals surface area contributed by atoms with E-state index in [2.05, 4.69) is 10.3 Å². The van der Waals surface area contributed by atoms with Crippen molar-refractivity contribution in [2.24, 2.45) is 0 Å². The van der Waals surface area contributed by atoms with E-state index in [1.807, 2.05) is 24.3 Å². The summed E-state index contributed by atoms with van der Waals surface area (Å²) >= 11 is 0. The number of hydrogen-bond acceptors (Lipinski definition) is 7. The molecule has 30 heavy (non-hydrogen) atoms. The van der Waals surface area contributed by atoms with Gasteiger partial charge in [0, 0.05) is 17.3 Å². The highest BCUT2D eigenvalue weighted by Crippen LogP contribution is 2.33. The molecular formula is C21H17N3O6.